The Hall–Kier alpha value is -3.82. The average molecular weight is 355 g/mol. The molecule has 2 aromatic heterocycles. The third kappa shape index (κ3) is 3.20. The van der Waals surface area contributed by atoms with Crippen LogP contribution in [0.4, 0.5) is 17.2 Å². The van der Waals surface area contributed by atoms with Crippen LogP contribution in [-0.2, 0) is 11.2 Å². The zero-order chi connectivity index (χ0) is 18.8. The molecule has 0 bridgehead atoms. The molecular formula is C16H13N5O5. The van der Waals surface area contributed by atoms with Gasteiger partial charge in [-0.15, -0.1) is 10.2 Å². The van der Waals surface area contributed by atoms with Crippen molar-refractivity contribution in [3.05, 3.63) is 57.9 Å². The first kappa shape index (κ1) is 17.0. The fraction of sp³-hybridized carbons (Fsp3) is 0.125. The molecule has 0 atom stereocenters. The number of rotatable bonds is 5. The van der Waals surface area contributed by atoms with E-state index >= 15 is 0 Å². The normalized spacial score (nSPS) is 11.3. The van der Waals surface area contributed by atoms with E-state index in [0.717, 1.165) is 23.8 Å². The van der Waals surface area contributed by atoms with Gasteiger partial charge in [-0.05, 0) is 24.6 Å². The lowest BCUT2D eigenvalue weighted by Crippen LogP contribution is -2.00. The third-order valence-corrected chi connectivity index (χ3v) is 3.63. The van der Waals surface area contributed by atoms with Crippen LogP contribution in [0.2, 0.25) is 0 Å². The second kappa shape index (κ2) is 6.59. The quantitative estimate of drug-likeness (QED) is 0.408. The van der Waals surface area contributed by atoms with Crippen LogP contribution in [0.1, 0.15) is 11.3 Å². The number of nitro benzene ring substituents is 1. The molecule has 0 fully saturated rings. The zero-order valence-electron chi connectivity index (χ0n) is 13.5. The molecule has 2 heterocycles. The molecule has 1 aromatic carbocycles. The minimum Gasteiger partial charge on any atom is -0.506 e. The predicted molar refractivity (Wildman–Crippen MR) is 90.2 cm³/mol. The summed E-state index contributed by atoms with van der Waals surface area (Å²) in [4.78, 5) is 25.6. The SMILES string of the molecule is Cc1cccn2c(N=Nc3cc([N+](=O)[O-])ccc3O)c(CC(=O)O)nc12. The Kier molecular flexibility index (Phi) is 4.31. The number of carboxylic acid groups (broad SMARTS) is 1. The van der Waals surface area contributed by atoms with Crippen molar-refractivity contribution in [1.82, 2.24) is 9.38 Å². The second-order valence-electron chi connectivity index (χ2n) is 5.47. The summed E-state index contributed by atoms with van der Waals surface area (Å²) in [5, 5.41) is 37.6. The Morgan fingerprint density at radius 2 is 2.12 bits per heavy atom. The Labute approximate surface area is 146 Å². The van der Waals surface area contributed by atoms with Gasteiger partial charge in [-0.1, -0.05) is 6.07 Å². The summed E-state index contributed by atoms with van der Waals surface area (Å²) in [5.41, 5.74) is 1.18. The lowest BCUT2D eigenvalue weighted by Gasteiger charge is -2.00. The number of non-ortho nitro benzene ring substituents is 1. The van der Waals surface area contributed by atoms with E-state index in [0.29, 0.717) is 5.65 Å². The Morgan fingerprint density at radius 3 is 2.81 bits per heavy atom. The highest BCUT2D eigenvalue weighted by Crippen LogP contribution is 2.33. The number of aromatic nitrogens is 2. The molecule has 0 aliphatic rings. The van der Waals surface area contributed by atoms with Gasteiger partial charge in [0.05, 0.1) is 17.0 Å². The van der Waals surface area contributed by atoms with Crippen molar-refractivity contribution < 1.29 is 19.9 Å². The minimum absolute atomic E-state index is 0.108. The fourth-order valence-corrected chi connectivity index (χ4v) is 2.41. The van der Waals surface area contributed by atoms with Gasteiger partial charge in [0.1, 0.15) is 17.1 Å². The van der Waals surface area contributed by atoms with Gasteiger partial charge in [-0.25, -0.2) is 4.98 Å². The average Bonchev–Trinajstić information content (AvgIpc) is 2.92. The van der Waals surface area contributed by atoms with Gasteiger partial charge in [0.2, 0.25) is 0 Å². The highest BCUT2D eigenvalue weighted by molar-refractivity contribution is 5.72. The maximum atomic E-state index is 11.1. The predicted octanol–water partition coefficient (Wildman–Crippen LogP) is 3.30. The van der Waals surface area contributed by atoms with Crippen molar-refractivity contribution in [1.29, 1.82) is 0 Å². The van der Waals surface area contributed by atoms with E-state index in [9.17, 15) is 20.0 Å². The largest absolute Gasteiger partial charge is 0.506 e. The molecule has 0 aliphatic heterocycles. The summed E-state index contributed by atoms with van der Waals surface area (Å²) in [6.07, 6.45) is 1.29. The fourth-order valence-electron chi connectivity index (χ4n) is 2.41. The summed E-state index contributed by atoms with van der Waals surface area (Å²) < 4.78 is 1.57. The van der Waals surface area contributed by atoms with E-state index in [2.05, 4.69) is 15.2 Å². The van der Waals surface area contributed by atoms with Crippen molar-refractivity contribution in [2.24, 2.45) is 10.2 Å². The number of carboxylic acids is 1. The summed E-state index contributed by atoms with van der Waals surface area (Å²) in [7, 11) is 0. The number of azo groups is 1. The topological polar surface area (TPSA) is 143 Å². The number of pyridine rings is 1. The highest BCUT2D eigenvalue weighted by atomic mass is 16.6. The number of benzene rings is 1. The molecule has 3 rings (SSSR count). The molecule has 0 saturated carbocycles. The monoisotopic (exact) mass is 355 g/mol. The molecule has 3 aromatic rings. The zero-order valence-corrected chi connectivity index (χ0v) is 13.5. The first-order valence-corrected chi connectivity index (χ1v) is 7.44. The number of nitro groups is 1. The molecular weight excluding hydrogens is 342 g/mol. The Morgan fingerprint density at radius 1 is 1.35 bits per heavy atom. The molecule has 26 heavy (non-hydrogen) atoms. The standard InChI is InChI=1S/C16H13N5O5/c1-9-3-2-6-20-15(9)17-12(8-14(23)24)16(20)19-18-11-7-10(21(25)26)4-5-13(11)22/h2-7,22H,8H2,1H3,(H,23,24). The van der Waals surface area contributed by atoms with Gasteiger partial charge >= 0.3 is 5.97 Å². The summed E-state index contributed by atoms with van der Waals surface area (Å²) in [6.45, 7) is 1.82. The third-order valence-electron chi connectivity index (χ3n) is 3.63. The van der Waals surface area contributed by atoms with Crippen LogP contribution < -0.4 is 0 Å². The molecule has 10 heteroatoms. The Bertz CT molecular complexity index is 1060. The van der Waals surface area contributed by atoms with Crippen molar-refractivity contribution in [3.8, 4) is 5.75 Å². The number of aryl methyl sites for hydroxylation is 1. The van der Waals surface area contributed by atoms with E-state index in [-0.39, 0.29) is 35.1 Å². The number of aliphatic carboxylic acids is 1. The first-order valence-electron chi connectivity index (χ1n) is 7.44. The van der Waals surface area contributed by atoms with Gasteiger partial charge in [0.25, 0.3) is 5.69 Å². The molecule has 0 spiro atoms. The van der Waals surface area contributed by atoms with E-state index in [1.165, 1.54) is 0 Å². The van der Waals surface area contributed by atoms with Crippen LogP contribution in [0.5, 0.6) is 5.75 Å². The number of hydrogen-bond acceptors (Lipinski definition) is 7. The van der Waals surface area contributed by atoms with Crippen LogP contribution >= 0.6 is 0 Å². The second-order valence-corrected chi connectivity index (χ2v) is 5.47. The minimum atomic E-state index is -1.08. The summed E-state index contributed by atoms with van der Waals surface area (Å²) in [5.74, 6) is -1.19. The van der Waals surface area contributed by atoms with Crippen molar-refractivity contribution in [2.45, 2.75) is 13.3 Å². The molecule has 0 unspecified atom stereocenters. The van der Waals surface area contributed by atoms with Crippen molar-refractivity contribution in [2.75, 3.05) is 0 Å². The smallest absolute Gasteiger partial charge is 0.309 e. The van der Waals surface area contributed by atoms with Crippen LogP contribution in [-0.4, -0.2) is 30.5 Å². The lowest BCUT2D eigenvalue weighted by atomic mass is 10.2. The number of nitrogens with zero attached hydrogens (tertiary/aromatic N) is 5. The van der Waals surface area contributed by atoms with Gasteiger partial charge in [0, 0.05) is 18.3 Å². The number of carbonyl (C=O) groups is 1. The molecule has 0 amide bonds. The van der Waals surface area contributed by atoms with Crippen LogP contribution in [0.3, 0.4) is 0 Å². The molecule has 10 nitrogen and oxygen atoms in total. The number of imidazole rings is 1. The van der Waals surface area contributed by atoms with Gasteiger partial charge in [-0.2, -0.15) is 0 Å². The van der Waals surface area contributed by atoms with Crippen LogP contribution in [0.15, 0.2) is 46.8 Å². The number of aromatic hydroxyl groups is 1. The molecule has 0 aliphatic carbocycles. The maximum Gasteiger partial charge on any atom is 0.309 e. The van der Waals surface area contributed by atoms with Crippen molar-refractivity contribution in [3.63, 3.8) is 0 Å². The summed E-state index contributed by atoms with van der Waals surface area (Å²) >= 11 is 0. The number of phenols is 1. The van der Waals surface area contributed by atoms with Gasteiger partial charge in [0.15, 0.2) is 5.82 Å². The van der Waals surface area contributed by atoms with Gasteiger partial charge < -0.3 is 10.2 Å². The van der Waals surface area contributed by atoms with E-state index in [1.807, 2.05) is 13.0 Å². The molecule has 132 valence electrons. The number of fused-ring (bicyclic) bond motifs is 1. The van der Waals surface area contributed by atoms with Crippen LogP contribution in [0.25, 0.3) is 5.65 Å². The molecule has 0 saturated heterocycles. The van der Waals surface area contributed by atoms with E-state index < -0.39 is 10.9 Å². The maximum absolute atomic E-state index is 11.1. The highest BCUT2D eigenvalue weighted by Gasteiger charge is 2.17. The lowest BCUT2D eigenvalue weighted by molar-refractivity contribution is -0.384. The van der Waals surface area contributed by atoms with Crippen LogP contribution in [0, 0.1) is 17.0 Å². The number of phenolic OH excluding ortho intramolecular Hbond substituents is 1. The molecule has 0 radical (unpaired) electrons. The van der Waals surface area contributed by atoms with Crippen molar-refractivity contribution >= 4 is 28.8 Å². The van der Waals surface area contributed by atoms with E-state index in [4.69, 9.17) is 5.11 Å². The van der Waals surface area contributed by atoms with E-state index in [1.54, 1.807) is 16.7 Å². The summed E-state index contributed by atoms with van der Waals surface area (Å²) in [6, 6.07) is 6.92. The first-order chi connectivity index (χ1) is 12.4. The number of hydrogen-bond donors (Lipinski definition) is 2. The molecule has 2 N–H and O–H groups in total. The van der Waals surface area contributed by atoms with Gasteiger partial charge in [-0.3, -0.25) is 19.3 Å². The Balaban J connectivity index is 2.12.